The summed E-state index contributed by atoms with van der Waals surface area (Å²) in [4.78, 5) is 23.0. The van der Waals surface area contributed by atoms with Crippen molar-refractivity contribution in [1.29, 1.82) is 0 Å². The highest BCUT2D eigenvalue weighted by Crippen LogP contribution is 2.26. The normalized spacial score (nSPS) is 14.7. The molecule has 3 rings (SSSR count). The summed E-state index contributed by atoms with van der Waals surface area (Å²) in [5.41, 5.74) is 1.21. The van der Waals surface area contributed by atoms with Crippen molar-refractivity contribution in [2.45, 2.75) is 20.0 Å². The maximum absolute atomic E-state index is 12.3. The fourth-order valence-corrected chi connectivity index (χ4v) is 2.81. The largest absolute Gasteiger partial charge is 0.489 e. The van der Waals surface area contributed by atoms with Crippen LogP contribution < -0.4 is 15.4 Å². The zero-order valence-electron chi connectivity index (χ0n) is 16.4. The standard InChI is InChI=1S/C20H27N5O3/c1-15(2)28-18-6-4-3-5-17(18)24-20-22-13-16(14-23-20)19(26)21-7-8-25-9-11-27-12-10-25/h3-6,13-15H,7-12H2,1-2H3,(H,21,26)(H,22,23,24). The number of carbonyl (C=O) groups excluding carboxylic acids is 1. The number of aromatic nitrogens is 2. The van der Waals surface area contributed by atoms with E-state index in [1.807, 2.05) is 38.1 Å². The summed E-state index contributed by atoms with van der Waals surface area (Å²) >= 11 is 0. The van der Waals surface area contributed by atoms with Crippen LogP contribution in [0.25, 0.3) is 0 Å². The number of para-hydroxylation sites is 2. The first-order valence-electron chi connectivity index (χ1n) is 9.55. The third-order valence-corrected chi connectivity index (χ3v) is 4.23. The highest BCUT2D eigenvalue weighted by Gasteiger charge is 2.12. The highest BCUT2D eigenvalue weighted by molar-refractivity contribution is 5.93. The second kappa shape index (κ2) is 10.0. The molecule has 1 amide bonds. The van der Waals surface area contributed by atoms with Gasteiger partial charge < -0.3 is 20.1 Å². The van der Waals surface area contributed by atoms with Crippen molar-refractivity contribution < 1.29 is 14.3 Å². The molecule has 0 bridgehead atoms. The Labute approximate surface area is 165 Å². The van der Waals surface area contributed by atoms with Crippen molar-refractivity contribution >= 4 is 17.5 Å². The molecule has 0 aliphatic carbocycles. The number of ether oxygens (including phenoxy) is 2. The van der Waals surface area contributed by atoms with E-state index >= 15 is 0 Å². The SMILES string of the molecule is CC(C)Oc1ccccc1Nc1ncc(C(=O)NCCN2CCOCC2)cn1. The molecular formula is C20H27N5O3. The molecule has 0 atom stereocenters. The third-order valence-electron chi connectivity index (χ3n) is 4.23. The Morgan fingerprint density at radius 2 is 1.93 bits per heavy atom. The molecule has 8 heteroatoms. The first-order chi connectivity index (χ1) is 13.6. The molecule has 0 saturated carbocycles. The molecule has 28 heavy (non-hydrogen) atoms. The van der Waals surface area contributed by atoms with Gasteiger partial charge in [-0.05, 0) is 26.0 Å². The van der Waals surface area contributed by atoms with Crippen LogP contribution in [0.2, 0.25) is 0 Å². The summed E-state index contributed by atoms with van der Waals surface area (Å²) in [5, 5.41) is 6.04. The first kappa shape index (κ1) is 20.0. The molecule has 0 unspecified atom stereocenters. The van der Waals surface area contributed by atoms with Gasteiger partial charge in [-0.3, -0.25) is 9.69 Å². The molecule has 0 radical (unpaired) electrons. The van der Waals surface area contributed by atoms with Gasteiger partial charge in [-0.25, -0.2) is 9.97 Å². The number of amides is 1. The van der Waals surface area contributed by atoms with Gasteiger partial charge in [0.25, 0.3) is 5.91 Å². The van der Waals surface area contributed by atoms with Crippen molar-refractivity contribution in [3.8, 4) is 5.75 Å². The van der Waals surface area contributed by atoms with Gasteiger partial charge in [0.2, 0.25) is 5.95 Å². The van der Waals surface area contributed by atoms with E-state index in [0.717, 1.165) is 44.3 Å². The van der Waals surface area contributed by atoms with Crippen molar-refractivity contribution in [2.24, 2.45) is 0 Å². The number of nitrogens with one attached hydrogen (secondary N) is 2. The topological polar surface area (TPSA) is 88.6 Å². The van der Waals surface area contributed by atoms with Crippen LogP contribution in [0.4, 0.5) is 11.6 Å². The van der Waals surface area contributed by atoms with E-state index in [0.29, 0.717) is 18.1 Å². The molecule has 2 heterocycles. The fraction of sp³-hybridized carbons (Fsp3) is 0.450. The monoisotopic (exact) mass is 385 g/mol. The third kappa shape index (κ3) is 5.90. The predicted octanol–water partition coefficient (Wildman–Crippen LogP) is 2.07. The van der Waals surface area contributed by atoms with Crippen LogP contribution in [0.1, 0.15) is 24.2 Å². The van der Waals surface area contributed by atoms with E-state index in [1.54, 1.807) is 0 Å². The summed E-state index contributed by atoms with van der Waals surface area (Å²) < 4.78 is 11.1. The Balaban J connectivity index is 1.52. The van der Waals surface area contributed by atoms with Crippen LogP contribution in [-0.4, -0.2) is 66.3 Å². The molecule has 2 N–H and O–H groups in total. The van der Waals surface area contributed by atoms with Crippen LogP contribution in [0.3, 0.4) is 0 Å². The lowest BCUT2D eigenvalue weighted by molar-refractivity contribution is 0.0383. The van der Waals surface area contributed by atoms with Gasteiger partial charge >= 0.3 is 0 Å². The molecular weight excluding hydrogens is 358 g/mol. The Morgan fingerprint density at radius 3 is 2.64 bits per heavy atom. The van der Waals surface area contributed by atoms with Gasteiger partial charge in [0.05, 0.1) is 30.6 Å². The van der Waals surface area contributed by atoms with E-state index in [2.05, 4.69) is 25.5 Å². The van der Waals surface area contributed by atoms with Gasteiger partial charge in [0, 0.05) is 38.6 Å². The summed E-state index contributed by atoms with van der Waals surface area (Å²) in [6, 6.07) is 7.60. The van der Waals surface area contributed by atoms with E-state index in [1.165, 1.54) is 12.4 Å². The van der Waals surface area contributed by atoms with Gasteiger partial charge in [0.15, 0.2) is 0 Å². The van der Waals surface area contributed by atoms with Gasteiger partial charge in [-0.2, -0.15) is 0 Å². The second-order valence-electron chi connectivity index (χ2n) is 6.79. The summed E-state index contributed by atoms with van der Waals surface area (Å²) in [7, 11) is 0. The van der Waals surface area contributed by atoms with Gasteiger partial charge in [0.1, 0.15) is 5.75 Å². The molecule has 1 saturated heterocycles. The minimum atomic E-state index is -0.177. The highest BCUT2D eigenvalue weighted by atomic mass is 16.5. The van der Waals surface area contributed by atoms with Gasteiger partial charge in [-0.15, -0.1) is 0 Å². The number of hydrogen-bond donors (Lipinski definition) is 2. The summed E-state index contributed by atoms with van der Waals surface area (Å²) in [6.45, 7) is 8.65. The van der Waals surface area contributed by atoms with Gasteiger partial charge in [-0.1, -0.05) is 12.1 Å². The van der Waals surface area contributed by atoms with Crippen molar-refractivity contribution in [2.75, 3.05) is 44.7 Å². The van der Waals surface area contributed by atoms with Crippen molar-refractivity contribution in [1.82, 2.24) is 20.2 Å². The maximum Gasteiger partial charge on any atom is 0.254 e. The summed E-state index contributed by atoms with van der Waals surface area (Å²) in [5.74, 6) is 0.957. The average molecular weight is 385 g/mol. The van der Waals surface area contributed by atoms with E-state index < -0.39 is 0 Å². The average Bonchev–Trinajstić information content (AvgIpc) is 2.70. The number of benzene rings is 1. The van der Waals surface area contributed by atoms with E-state index in [-0.39, 0.29) is 12.0 Å². The number of anilines is 2. The Bertz CT molecular complexity index is 761. The number of morpholine rings is 1. The van der Waals surface area contributed by atoms with Crippen LogP contribution in [0.5, 0.6) is 5.75 Å². The lowest BCUT2D eigenvalue weighted by Crippen LogP contribution is -2.41. The maximum atomic E-state index is 12.3. The molecule has 8 nitrogen and oxygen atoms in total. The van der Waals surface area contributed by atoms with Crippen LogP contribution in [0, 0.1) is 0 Å². The molecule has 0 spiro atoms. The fourth-order valence-electron chi connectivity index (χ4n) is 2.81. The molecule has 1 aromatic heterocycles. The predicted molar refractivity (Wildman–Crippen MR) is 107 cm³/mol. The number of rotatable bonds is 8. The first-order valence-corrected chi connectivity index (χ1v) is 9.55. The quantitative estimate of drug-likeness (QED) is 0.719. The van der Waals surface area contributed by atoms with E-state index in [4.69, 9.17) is 9.47 Å². The van der Waals surface area contributed by atoms with Crippen molar-refractivity contribution in [3.05, 3.63) is 42.2 Å². The number of hydrogen-bond acceptors (Lipinski definition) is 7. The lowest BCUT2D eigenvalue weighted by atomic mass is 10.3. The molecule has 1 aliphatic rings. The van der Waals surface area contributed by atoms with Crippen LogP contribution >= 0.6 is 0 Å². The van der Waals surface area contributed by atoms with Crippen molar-refractivity contribution in [3.63, 3.8) is 0 Å². The molecule has 1 aliphatic heterocycles. The molecule has 1 fully saturated rings. The minimum Gasteiger partial charge on any atom is -0.489 e. The van der Waals surface area contributed by atoms with Crippen LogP contribution in [0.15, 0.2) is 36.7 Å². The minimum absolute atomic E-state index is 0.0624. The molecule has 150 valence electrons. The smallest absolute Gasteiger partial charge is 0.254 e. The second-order valence-corrected chi connectivity index (χ2v) is 6.79. The number of nitrogens with zero attached hydrogens (tertiary/aromatic N) is 3. The Morgan fingerprint density at radius 1 is 1.21 bits per heavy atom. The zero-order chi connectivity index (χ0) is 19.8. The number of carbonyl (C=O) groups is 1. The lowest BCUT2D eigenvalue weighted by Gasteiger charge is -2.26. The Kier molecular flexibility index (Phi) is 7.16. The van der Waals surface area contributed by atoms with Crippen LogP contribution in [-0.2, 0) is 4.74 Å². The Hall–Kier alpha value is -2.71. The molecule has 2 aromatic rings. The molecule has 1 aromatic carbocycles. The summed E-state index contributed by atoms with van der Waals surface area (Å²) in [6.07, 6.45) is 3.10. The van der Waals surface area contributed by atoms with E-state index in [9.17, 15) is 4.79 Å². The zero-order valence-corrected chi connectivity index (χ0v) is 16.4.